The van der Waals surface area contributed by atoms with Crippen molar-refractivity contribution in [2.75, 3.05) is 43.1 Å². The topological polar surface area (TPSA) is 105 Å². The predicted molar refractivity (Wildman–Crippen MR) is 153 cm³/mol. The molecule has 0 aliphatic heterocycles. The minimum absolute atomic E-state index is 0. The van der Waals surface area contributed by atoms with Crippen molar-refractivity contribution < 1.29 is 21.6 Å². The van der Waals surface area contributed by atoms with Gasteiger partial charge in [-0.05, 0) is 62.0 Å². The van der Waals surface area contributed by atoms with Gasteiger partial charge in [0, 0.05) is 30.8 Å². The zero-order chi connectivity index (χ0) is 26.5. The maximum Gasteiger partial charge on any atom is 0.228 e. The molecule has 37 heavy (non-hydrogen) atoms. The van der Waals surface area contributed by atoms with Crippen molar-refractivity contribution in [2.24, 2.45) is 0 Å². The van der Waals surface area contributed by atoms with Crippen LogP contribution in [0.2, 0.25) is 5.02 Å². The van der Waals surface area contributed by atoms with E-state index in [0.29, 0.717) is 33.5 Å². The molecule has 13 heteroatoms. The molecule has 0 radical (unpaired) electrons. The van der Waals surface area contributed by atoms with Crippen LogP contribution in [-0.4, -0.2) is 70.8 Å². The predicted octanol–water partition coefficient (Wildman–Crippen LogP) is 4.70. The lowest BCUT2D eigenvalue weighted by molar-refractivity contribution is -0.118. The Bertz CT molecular complexity index is 1420. The van der Waals surface area contributed by atoms with Crippen molar-refractivity contribution >= 4 is 76.3 Å². The number of carbonyl (C=O) groups is 1. The monoisotopic (exact) mass is 607 g/mol. The van der Waals surface area contributed by atoms with Crippen molar-refractivity contribution in [3.63, 3.8) is 0 Å². The lowest BCUT2D eigenvalue weighted by Gasteiger charge is -2.24. The number of carbonyl (C=O) groups excluding carboxylic acids is 1. The number of rotatable bonds is 12. The number of amides is 1. The van der Waals surface area contributed by atoms with Crippen LogP contribution >= 0.6 is 35.3 Å². The molecule has 1 aromatic heterocycles. The summed E-state index contributed by atoms with van der Waals surface area (Å²) in [5.41, 5.74) is 0.605. The van der Waals surface area contributed by atoms with Crippen LogP contribution in [-0.2, 0) is 24.5 Å². The Balaban J connectivity index is 0.00000481. The largest absolute Gasteiger partial charge is 0.302 e. The van der Waals surface area contributed by atoms with Gasteiger partial charge >= 0.3 is 0 Å². The number of sulfone groups is 2. The molecule has 0 unspecified atom stereocenters. The number of aromatic nitrogens is 1. The zero-order valence-electron chi connectivity index (χ0n) is 20.9. The van der Waals surface area contributed by atoms with Gasteiger partial charge in [0.1, 0.15) is 0 Å². The van der Waals surface area contributed by atoms with Crippen LogP contribution in [0.5, 0.6) is 0 Å². The van der Waals surface area contributed by atoms with Gasteiger partial charge in [0.05, 0.1) is 25.8 Å². The first-order chi connectivity index (χ1) is 16.9. The van der Waals surface area contributed by atoms with Crippen LogP contribution in [0.15, 0.2) is 52.3 Å². The molecular formula is C24H31Cl2N3O5S3. The van der Waals surface area contributed by atoms with Crippen molar-refractivity contribution in [1.29, 1.82) is 0 Å². The van der Waals surface area contributed by atoms with Crippen LogP contribution in [0.4, 0.5) is 5.13 Å². The summed E-state index contributed by atoms with van der Waals surface area (Å²) in [4.78, 5) is 22.0. The molecule has 0 N–H and O–H groups in total. The Hall–Kier alpha value is -1.76. The van der Waals surface area contributed by atoms with E-state index in [1.54, 1.807) is 17.0 Å². The van der Waals surface area contributed by atoms with Crippen LogP contribution in [0.3, 0.4) is 0 Å². The maximum atomic E-state index is 13.3. The fourth-order valence-electron chi connectivity index (χ4n) is 3.66. The Morgan fingerprint density at radius 1 is 0.973 bits per heavy atom. The van der Waals surface area contributed by atoms with Gasteiger partial charge in [-0.2, -0.15) is 0 Å². The number of hydrogen-bond acceptors (Lipinski definition) is 8. The summed E-state index contributed by atoms with van der Waals surface area (Å²) in [6, 6.07) is 10.7. The van der Waals surface area contributed by atoms with Gasteiger partial charge in [-0.15, -0.1) is 12.4 Å². The highest BCUT2D eigenvalue weighted by molar-refractivity contribution is 7.91. The first-order valence-electron chi connectivity index (χ1n) is 11.6. The molecule has 0 fully saturated rings. The summed E-state index contributed by atoms with van der Waals surface area (Å²) >= 11 is 7.10. The number of benzene rings is 2. The second-order valence-electron chi connectivity index (χ2n) is 8.35. The van der Waals surface area contributed by atoms with E-state index in [4.69, 9.17) is 11.6 Å². The molecule has 0 aliphatic rings. The smallest absolute Gasteiger partial charge is 0.228 e. The minimum Gasteiger partial charge on any atom is -0.302 e. The van der Waals surface area contributed by atoms with Gasteiger partial charge in [-0.25, -0.2) is 21.8 Å². The summed E-state index contributed by atoms with van der Waals surface area (Å²) < 4.78 is 49.9. The third-order valence-corrected chi connectivity index (χ3v) is 10.0. The van der Waals surface area contributed by atoms with Crippen LogP contribution < -0.4 is 4.90 Å². The summed E-state index contributed by atoms with van der Waals surface area (Å²) in [6.45, 7) is 6.77. The van der Waals surface area contributed by atoms with E-state index in [2.05, 4.69) is 9.88 Å². The van der Waals surface area contributed by atoms with Gasteiger partial charge < -0.3 is 4.90 Å². The van der Waals surface area contributed by atoms with Gasteiger partial charge in [-0.3, -0.25) is 9.69 Å². The number of fused-ring (bicyclic) bond motifs is 1. The molecule has 3 aromatic rings. The molecule has 0 saturated heterocycles. The standard InChI is InChI=1S/C24H30ClN3O5S3.ClH/c1-4-27(5-2)14-15-28(24-26-21-13-12-20(35(3,30)31)17-22(21)34-24)23(29)7-6-16-36(32,33)19-10-8-18(25)9-11-19;/h8-13,17H,4-7,14-16H2,1-3H3;1H. The summed E-state index contributed by atoms with van der Waals surface area (Å²) in [7, 11) is -6.92. The third-order valence-electron chi connectivity index (χ3n) is 5.82. The van der Waals surface area contributed by atoms with E-state index in [1.807, 2.05) is 13.8 Å². The summed E-state index contributed by atoms with van der Waals surface area (Å²) in [5.74, 6) is -0.391. The van der Waals surface area contributed by atoms with Crippen LogP contribution in [0.1, 0.15) is 26.7 Å². The highest BCUT2D eigenvalue weighted by atomic mass is 35.5. The fraction of sp³-hybridized carbons (Fsp3) is 0.417. The van der Waals surface area contributed by atoms with E-state index in [0.717, 1.165) is 19.3 Å². The van der Waals surface area contributed by atoms with Crippen molar-refractivity contribution in [2.45, 2.75) is 36.5 Å². The van der Waals surface area contributed by atoms with Gasteiger partial charge in [-0.1, -0.05) is 36.8 Å². The molecule has 3 rings (SSSR count). The Labute approximate surface area is 233 Å². The Morgan fingerprint density at radius 2 is 1.59 bits per heavy atom. The lowest BCUT2D eigenvalue weighted by atomic mass is 10.3. The minimum atomic E-state index is -3.54. The SMILES string of the molecule is CCN(CC)CCN(C(=O)CCCS(=O)(=O)c1ccc(Cl)cc1)c1nc2ccc(S(C)(=O)=O)cc2s1.Cl. The zero-order valence-corrected chi connectivity index (χ0v) is 24.9. The summed E-state index contributed by atoms with van der Waals surface area (Å²) in [6.07, 6.45) is 1.35. The number of anilines is 1. The molecule has 0 bridgehead atoms. The summed E-state index contributed by atoms with van der Waals surface area (Å²) in [5, 5.41) is 0.917. The van der Waals surface area contributed by atoms with Crippen LogP contribution in [0, 0.1) is 0 Å². The second-order valence-corrected chi connectivity index (χ2v) is 13.9. The second kappa shape index (κ2) is 13.3. The number of likely N-dealkylation sites (N-methyl/N-ethyl adjacent to an activating group) is 1. The van der Waals surface area contributed by atoms with E-state index in [-0.39, 0.29) is 46.7 Å². The molecule has 1 amide bonds. The van der Waals surface area contributed by atoms with E-state index in [9.17, 15) is 21.6 Å². The normalized spacial score (nSPS) is 12.0. The third kappa shape index (κ3) is 8.36. The molecule has 0 spiro atoms. The first kappa shape index (κ1) is 31.5. The highest BCUT2D eigenvalue weighted by Gasteiger charge is 2.22. The van der Waals surface area contributed by atoms with Crippen molar-refractivity contribution in [3.05, 3.63) is 47.5 Å². The molecule has 2 aromatic carbocycles. The number of thiazole rings is 1. The molecule has 0 aliphatic carbocycles. The van der Waals surface area contributed by atoms with Crippen LogP contribution in [0.25, 0.3) is 10.2 Å². The van der Waals surface area contributed by atoms with Crippen molar-refractivity contribution in [1.82, 2.24) is 9.88 Å². The quantitative estimate of drug-likeness (QED) is 0.294. The lowest BCUT2D eigenvalue weighted by Crippen LogP contribution is -2.38. The Kier molecular flexibility index (Phi) is 11.3. The van der Waals surface area contributed by atoms with Crippen molar-refractivity contribution in [3.8, 4) is 0 Å². The van der Waals surface area contributed by atoms with Gasteiger partial charge in [0.15, 0.2) is 24.8 Å². The van der Waals surface area contributed by atoms with Gasteiger partial charge in [0.2, 0.25) is 5.91 Å². The number of halogens is 2. The average molecular weight is 609 g/mol. The fourth-order valence-corrected chi connectivity index (χ4v) is 6.86. The molecule has 204 valence electrons. The highest BCUT2D eigenvalue weighted by Crippen LogP contribution is 2.31. The van der Waals surface area contributed by atoms with E-state index in [1.165, 1.54) is 41.7 Å². The molecular weight excluding hydrogens is 577 g/mol. The molecule has 0 saturated carbocycles. The van der Waals surface area contributed by atoms with Gasteiger partial charge in [0.25, 0.3) is 0 Å². The number of nitrogens with zero attached hydrogens (tertiary/aromatic N) is 3. The first-order valence-corrected chi connectivity index (χ1v) is 16.3. The van der Waals surface area contributed by atoms with E-state index < -0.39 is 19.7 Å². The Morgan fingerprint density at radius 3 is 2.19 bits per heavy atom. The average Bonchev–Trinajstić information content (AvgIpc) is 3.24. The van der Waals surface area contributed by atoms with E-state index >= 15 is 0 Å². The molecule has 0 atom stereocenters. The maximum absolute atomic E-state index is 13.3. The molecule has 1 heterocycles. The number of hydrogen-bond donors (Lipinski definition) is 0. The molecule has 8 nitrogen and oxygen atoms in total.